The Labute approximate surface area is 121 Å². The van der Waals surface area contributed by atoms with Crippen molar-refractivity contribution in [1.82, 2.24) is 5.32 Å². The Balaban J connectivity index is 1.92. The molecule has 0 saturated carbocycles. The monoisotopic (exact) mass is 288 g/mol. The molecule has 0 spiro atoms. The maximum atomic E-state index is 12.0. The van der Waals surface area contributed by atoms with E-state index in [0.29, 0.717) is 4.88 Å². The van der Waals surface area contributed by atoms with Crippen molar-refractivity contribution < 1.29 is 9.59 Å². The largest absolute Gasteiger partial charge is 0.340 e. The Hall–Kier alpha value is -2.14. The van der Waals surface area contributed by atoms with Crippen LogP contribution in [0.5, 0.6) is 0 Å². The predicted molar refractivity (Wildman–Crippen MR) is 81.1 cm³/mol. The molecule has 0 radical (unpaired) electrons. The summed E-state index contributed by atoms with van der Waals surface area (Å²) in [5, 5.41) is 7.27. The molecular weight excluding hydrogens is 272 g/mol. The first-order chi connectivity index (χ1) is 9.56. The Kier molecular flexibility index (Phi) is 4.53. The molecule has 2 aromatic rings. The van der Waals surface area contributed by atoms with Crippen molar-refractivity contribution in [1.29, 1.82) is 0 Å². The maximum absolute atomic E-state index is 12.0. The van der Waals surface area contributed by atoms with Crippen LogP contribution in [-0.4, -0.2) is 17.9 Å². The topological polar surface area (TPSA) is 58.2 Å². The zero-order valence-corrected chi connectivity index (χ0v) is 12.2. The first-order valence-corrected chi connectivity index (χ1v) is 7.16. The second kappa shape index (κ2) is 6.34. The van der Waals surface area contributed by atoms with E-state index >= 15 is 0 Å². The van der Waals surface area contributed by atoms with E-state index in [2.05, 4.69) is 10.6 Å². The summed E-state index contributed by atoms with van der Waals surface area (Å²) in [4.78, 5) is 24.4. The van der Waals surface area contributed by atoms with Gasteiger partial charge in [0.1, 0.15) is 6.04 Å². The second-order valence-electron chi connectivity index (χ2n) is 4.53. The van der Waals surface area contributed by atoms with Crippen LogP contribution in [0.4, 0.5) is 5.69 Å². The van der Waals surface area contributed by atoms with Gasteiger partial charge < -0.3 is 10.6 Å². The molecular formula is C15H16N2O2S. The molecule has 0 saturated heterocycles. The summed E-state index contributed by atoms with van der Waals surface area (Å²) >= 11 is 1.35. The van der Waals surface area contributed by atoms with Crippen LogP contribution >= 0.6 is 11.3 Å². The van der Waals surface area contributed by atoms with Gasteiger partial charge in [0.15, 0.2) is 0 Å². The summed E-state index contributed by atoms with van der Waals surface area (Å²) < 4.78 is 0. The fraction of sp³-hybridized carbons (Fsp3) is 0.200. The lowest BCUT2D eigenvalue weighted by Gasteiger charge is -2.13. The van der Waals surface area contributed by atoms with E-state index < -0.39 is 6.04 Å². The van der Waals surface area contributed by atoms with Gasteiger partial charge in [0.25, 0.3) is 5.91 Å². The van der Waals surface area contributed by atoms with E-state index in [4.69, 9.17) is 0 Å². The number of carbonyl (C=O) groups is 2. The number of hydrogen-bond donors (Lipinski definition) is 2. The van der Waals surface area contributed by atoms with E-state index in [0.717, 1.165) is 11.3 Å². The third-order valence-corrected chi connectivity index (χ3v) is 3.67. The Bertz CT molecular complexity index is 591. The molecule has 1 unspecified atom stereocenters. The van der Waals surface area contributed by atoms with Gasteiger partial charge in [-0.3, -0.25) is 9.59 Å². The Morgan fingerprint density at radius 3 is 2.45 bits per heavy atom. The van der Waals surface area contributed by atoms with Crippen LogP contribution < -0.4 is 10.6 Å². The van der Waals surface area contributed by atoms with Crippen LogP contribution in [-0.2, 0) is 4.79 Å². The second-order valence-corrected chi connectivity index (χ2v) is 5.48. The molecule has 1 heterocycles. The van der Waals surface area contributed by atoms with Crippen LogP contribution in [0.3, 0.4) is 0 Å². The molecule has 4 nitrogen and oxygen atoms in total. The van der Waals surface area contributed by atoms with E-state index in [-0.39, 0.29) is 11.8 Å². The minimum atomic E-state index is -0.592. The molecule has 0 aliphatic heterocycles. The van der Waals surface area contributed by atoms with E-state index in [1.807, 2.05) is 36.6 Å². The smallest absolute Gasteiger partial charge is 0.261 e. The van der Waals surface area contributed by atoms with Crippen LogP contribution in [0.2, 0.25) is 0 Å². The summed E-state index contributed by atoms with van der Waals surface area (Å²) in [6.45, 7) is 3.64. The van der Waals surface area contributed by atoms with Crippen LogP contribution in [0.25, 0.3) is 0 Å². The molecule has 2 rings (SSSR count). The fourth-order valence-corrected chi connectivity index (χ4v) is 2.26. The number of rotatable bonds is 4. The van der Waals surface area contributed by atoms with Crippen molar-refractivity contribution >= 4 is 28.8 Å². The number of thiophene rings is 1. The number of benzene rings is 1. The molecule has 0 bridgehead atoms. The minimum Gasteiger partial charge on any atom is -0.340 e. The zero-order valence-electron chi connectivity index (χ0n) is 11.3. The van der Waals surface area contributed by atoms with Crippen molar-refractivity contribution in [2.45, 2.75) is 19.9 Å². The van der Waals surface area contributed by atoms with Gasteiger partial charge in [0.05, 0.1) is 4.88 Å². The van der Waals surface area contributed by atoms with Crippen molar-refractivity contribution in [3.05, 3.63) is 52.2 Å². The molecule has 0 fully saturated rings. The summed E-state index contributed by atoms with van der Waals surface area (Å²) in [6.07, 6.45) is 0. The first-order valence-electron chi connectivity index (χ1n) is 6.28. The summed E-state index contributed by atoms with van der Waals surface area (Å²) in [6, 6.07) is 10.4. The van der Waals surface area contributed by atoms with Crippen LogP contribution in [0, 0.1) is 6.92 Å². The minimum absolute atomic E-state index is 0.230. The normalized spacial score (nSPS) is 11.7. The fourth-order valence-electron chi connectivity index (χ4n) is 1.63. The predicted octanol–water partition coefficient (Wildman–Crippen LogP) is 2.81. The van der Waals surface area contributed by atoms with Crippen LogP contribution in [0.1, 0.15) is 22.2 Å². The van der Waals surface area contributed by atoms with Gasteiger partial charge >= 0.3 is 0 Å². The van der Waals surface area contributed by atoms with E-state index in [9.17, 15) is 9.59 Å². The molecule has 1 atom stereocenters. The molecule has 2 amide bonds. The van der Waals surface area contributed by atoms with E-state index in [1.165, 1.54) is 11.3 Å². The molecule has 1 aromatic carbocycles. The summed E-state index contributed by atoms with van der Waals surface area (Å²) in [5.41, 5.74) is 1.85. The highest BCUT2D eigenvalue weighted by Gasteiger charge is 2.17. The highest BCUT2D eigenvalue weighted by molar-refractivity contribution is 7.12. The van der Waals surface area contributed by atoms with Gasteiger partial charge in [0, 0.05) is 5.69 Å². The summed E-state index contributed by atoms with van der Waals surface area (Å²) in [5.74, 6) is -0.467. The summed E-state index contributed by atoms with van der Waals surface area (Å²) in [7, 11) is 0. The Morgan fingerprint density at radius 2 is 1.85 bits per heavy atom. The van der Waals surface area contributed by atoms with Gasteiger partial charge in [0.2, 0.25) is 5.91 Å². The van der Waals surface area contributed by atoms with Crippen molar-refractivity contribution in [2.75, 3.05) is 5.32 Å². The van der Waals surface area contributed by atoms with Gasteiger partial charge in [-0.15, -0.1) is 11.3 Å². The average Bonchev–Trinajstić information content (AvgIpc) is 2.95. The van der Waals surface area contributed by atoms with Gasteiger partial charge in [-0.25, -0.2) is 0 Å². The molecule has 5 heteroatoms. The van der Waals surface area contributed by atoms with Crippen LogP contribution in [0.15, 0.2) is 41.8 Å². The molecule has 104 valence electrons. The number of anilines is 1. The standard InChI is InChI=1S/C15H16N2O2S/c1-10-5-7-12(8-6-10)17-14(18)11(2)16-15(19)13-4-3-9-20-13/h3-9,11H,1-2H3,(H,16,19)(H,17,18). The number of nitrogens with one attached hydrogen (secondary N) is 2. The lowest BCUT2D eigenvalue weighted by molar-refractivity contribution is -0.117. The van der Waals surface area contributed by atoms with Gasteiger partial charge in [-0.2, -0.15) is 0 Å². The lowest BCUT2D eigenvalue weighted by Crippen LogP contribution is -2.41. The maximum Gasteiger partial charge on any atom is 0.261 e. The molecule has 20 heavy (non-hydrogen) atoms. The number of hydrogen-bond acceptors (Lipinski definition) is 3. The SMILES string of the molecule is Cc1ccc(NC(=O)C(C)NC(=O)c2cccs2)cc1. The van der Waals surface area contributed by atoms with Crippen molar-refractivity contribution in [3.8, 4) is 0 Å². The van der Waals surface area contributed by atoms with Crippen molar-refractivity contribution in [2.24, 2.45) is 0 Å². The molecule has 0 aliphatic carbocycles. The highest BCUT2D eigenvalue weighted by Crippen LogP contribution is 2.10. The number of aryl methyl sites for hydroxylation is 1. The quantitative estimate of drug-likeness (QED) is 0.909. The first kappa shape index (κ1) is 14.3. The van der Waals surface area contributed by atoms with Gasteiger partial charge in [-0.05, 0) is 37.4 Å². The third-order valence-electron chi connectivity index (χ3n) is 2.80. The molecule has 1 aromatic heterocycles. The highest BCUT2D eigenvalue weighted by atomic mass is 32.1. The number of amides is 2. The Morgan fingerprint density at radius 1 is 1.15 bits per heavy atom. The molecule has 2 N–H and O–H groups in total. The third kappa shape index (κ3) is 3.68. The lowest BCUT2D eigenvalue weighted by atomic mass is 10.2. The molecule has 0 aliphatic rings. The zero-order chi connectivity index (χ0) is 14.5. The van der Waals surface area contributed by atoms with E-state index in [1.54, 1.807) is 19.1 Å². The number of carbonyl (C=O) groups excluding carboxylic acids is 2. The van der Waals surface area contributed by atoms with Crippen molar-refractivity contribution in [3.63, 3.8) is 0 Å². The van der Waals surface area contributed by atoms with Gasteiger partial charge in [-0.1, -0.05) is 23.8 Å². The average molecular weight is 288 g/mol.